The monoisotopic (exact) mass is 355 g/mol. The third-order valence-corrected chi connectivity index (χ3v) is 6.04. The fourth-order valence-electron chi connectivity index (χ4n) is 3.02. The third kappa shape index (κ3) is 3.06. The summed E-state index contributed by atoms with van der Waals surface area (Å²) in [5.41, 5.74) is -0.386. The summed E-state index contributed by atoms with van der Waals surface area (Å²) in [5.74, 6) is -1.82. The Balaban J connectivity index is 1.83. The Morgan fingerprint density at radius 1 is 1.08 bits per heavy atom. The molecule has 3 rings (SSSR count). The molecule has 1 saturated carbocycles. The van der Waals surface area contributed by atoms with Crippen LogP contribution in [0, 0.1) is 23.4 Å². The van der Waals surface area contributed by atoms with Crippen LogP contribution in [0.4, 0.5) is 13.2 Å². The summed E-state index contributed by atoms with van der Waals surface area (Å²) >= 11 is 0. The van der Waals surface area contributed by atoms with Crippen LogP contribution >= 0.6 is 0 Å². The molecule has 0 aromatic heterocycles. The summed E-state index contributed by atoms with van der Waals surface area (Å²) in [6.07, 6.45) is 0.599. The van der Waals surface area contributed by atoms with Crippen molar-refractivity contribution in [2.75, 3.05) is 6.54 Å². The summed E-state index contributed by atoms with van der Waals surface area (Å²) in [7, 11) is -3.84. The molecule has 0 spiro atoms. The minimum atomic E-state index is -3.84. The van der Waals surface area contributed by atoms with E-state index in [0.29, 0.717) is 12.0 Å². The van der Waals surface area contributed by atoms with Gasteiger partial charge in [-0.1, -0.05) is 13.0 Å². The van der Waals surface area contributed by atoms with Crippen LogP contribution in [0.15, 0.2) is 47.4 Å². The molecule has 1 aliphatic rings. The molecule has 1 fully saturated rings. The first-order valence-corrected chi connectivity index (χ1v) is 8.94. The van der Waals surface area contributed by atoms with Gasteiger partial charge in [0, 0.05) is 18.0 Å². The largest absolute Gasteiger partial charge is 0.240 e. The van der Waals surface area contributed by atoms with Crippen molar-refractivity contribution < 1.29 is 21.6 Å². The lowest BCUT2D eigenvalue weighted by Gasteiger charge is -2.19. The Bertz CT molecular complexity index is 868. The van der Waals surface area contributed by atoms with E-state index in [4.69, 9.17) is 0 Å². The lowest BCUT2D eigenvalue weighted by atomic mass is 9.93. The maximum atomic E-state index is 14.1. The van der Waals surface area contributed by atoms with Crippen LogP contribution in [0.2, 0.25) is 0 Å². The van der Waals surface area contributed by atoms with Crippen molar-refractivity contribution in [3.8, 4) is 0 Å². The summed E-state index contributed by atoms with van der Waals surface area (Å²) in [6.45, 7) is 1.88. The Hall–Kier alpha value is -1.86. The van der Waals surface area contributed by atoms with Crippen LogP contribution in [0.25, 0.3) is 0 Å². The molecule has 3 nitrogen and oxygen atoms in total. The number of nitrogens with one attached hydrogen (secondary N) is 1. The maximum Gasteiger partial charge on any atom is 0.240 e. The highest BCUT2D eigenvalue weighted by Gasteiger charge is 2.53. The van der Waals surface area contributed by atoms with Gasteiger partial charge in [-0.05, 0) is 48.2 Å². The van der Waals surface area contributed by atoms with E-state index in [1.54, 1.807) is 0 Å². The molecule has 24 heavy (non-hydrogen) atoms. The van der Waals surface area contributed by atoms with Crippen LogP contribution in [-0.4, -0.2) is 15.0 Å². The SMILES string of the molecule is CC1CC1(CNS(=O)(=O)c1ccc(F)cc1)c1ccc(F)cc1F. The maximum absolute atomic E-state index is 14.1. The van der Waals surface area contributed by atoms with Crippen LogP contribution < -0.4 is 4.72 Å². The van der Waals surface area contributed by atoms with Crippen molar-refractivity contribution in [2.45, 2.75) is 23.7 Å². The zero-order valence-electron chi connectivity index (χ0n) is 12.9. The number of benzene rings is 2. The number of sulfonamides is 1. The van der Waals surface area contributed by atoms with Gasteiger partial charge in [0.05, 0.1) is 4.90 Å². The highest BCUT2D eigenvalue weighted by molar-refractivity contribution is 7.89. The molecule has 0 amide bonds. The molecule has 2 aromatic rings. The second-order valence-electron chi connectivity index (χ2n) is 6.16. The van der Waals surface area contributed by atoms with Crippen molar-refractivity contribution in [2.24, 2.45) is 5.92 Å². The van der Waals surface area contributed by atoms with Gasteiger partial charge in [0.25, 0.3) is 0 Å². The van der Waals surface area contributed by atoms with E-state index in [-0.39, 0.29) is 17.4 Å². The first-order valence-electron chi connectivity index (χ1n) is 7.45. The Morgan fingerprint density at radius 2 is 1.67 bits per heavy atom. The molecule has 7 heteroatoms. The van der Waals surface area contributed by atoms with Gasteiger partial charge in [-0.3, -0.25) is 0 Å². The van der Waals surface area contributed by atoms with Crippen molar-refractivity contribution in [3.63, 3.8) is 0 Å². The fraction of sp³-hybridized carbons (Fsp3) is 0.294. The van der Waals surface area contributed by atoms with E-state index >= 15 is 0 Å². The van der Waals surface area contributed by atoms with E-state index in [9.17, 15) is 21.6 Å². The van der Waals surface area contributed by atoms with Gasteiger partial charge >= 0.3 is 0 Å². The smallest absolute Gasteiger partial charge is 0.210 e. The van der Waals surface area contributed by atoms with E-state index in [1.165, 1.54) is 24.3 Å². The average molecular weight is 355 g/mol. The first-order chi connectivity index (χ1) is 11.2. The predicted octanol–water partition coefficient (Wildman–Crippen LogP) is 3.36. The van der Waals surface area contributed by atoms with Gasteiger partial charge in [0.2, 0.25) is 10.0 Å². The van der Waals surface area contributed by atoms with Gasteiger partial charge in [-0.2, -0.15) is 0 Å². The predicted molar refractivity (Wildman–Crippen MR) is 83.4 cm³/mol. The molecule has 1 aliphatic carbocycles. The van der Waals surface area contributed by atoms with Crippen LogP contribution in [0.5, 0.6) is 0 Å². The highest BCUT2D eigenvalue weighted by atomic mass is 32.2. The zero-order valence-corrected chi connectivity index (χ0v) is 13.7. The Labute approximate surface area is 138 Å². The normalized spacial score (nSPS) is 23.2. The van der Waals surface area contributed by atoms with Gasteiger partial charge in [0.15, 0.2) is 0 Å². The van der Waals surface area contributed by atoms with Gasteiger partial charge in [0.1, 0.15) is 17.5 Å². The molecule has 0 bridgehead atoms. The second kappa shape index (κ2) is 5.89. The van der Waals surface area contributed by atoms with E-state index in [1.807, 2.05) is 6.92 Å². The Morgan fingerprint density at radius 3 is 2.21 bits per heavy atom. The zero-order chi connectivity index (χ0) is 17.5. The lowest BCUT2D eigenvalue weighted by molar-refractivity contribution is 0.518. The topological polar surface area (TPSA) is 46.2 Å². The molecule has 0 heterocycles. The molecule has 0 saturated heterocycles. The molecule has 2 unspecified atom stereocenters. The first kappa shape index (κ1) is 17.0. The van der Waals surface area contributed by atoms with Crippen molar-refractivity contribution >= 4 is 10.0 Å². The fourth-order valence-corrected chi connectivity index (χ4v) is 4.13. The molecular formula is C17H16F3NO2S. The van der Waals surface area contributed by atoms with Gasteiger partial charge in [-0.15, -0.1) is 0 Å². The van der Waals surface area contributed by atoms with Crippen LogP contribution in [-0.2, 0) is 15.4 Å². The van der Waals surface area contributed by atoms with Gasteiger partial charge in [-0.25, -0.2) is 26.3 Å². The van der Waals surface area contributed by atoms with Crippen molar-refractivity contribution in [1.82, 2.24) is 4.72 Å². The Kier molecular flexibility index (Phi) is 4.17. The van der Waals surface area contributed by atoms with Crippen molar-refractivity contribution in [3.05, 3.63) is 65.5 Å². The summed E-state index contributed by atoms with van der Waals surface area (Å²) in [6, 6.07) is 7.78. The molecule has 0 aliphatic heterocycles. The van der Waals surface area contributed by atoms with Gasteiger partial charge < -0.3 is 0 Å². The number of rotatable bonds is 5. The van der Waals surface area contributed by atoms with Crippen molar-refractivity contribution in [1.29, 1.82) is 0 Å². The highest BCUT2D eigenvalue weighted by Crippen LogP contribution is 2.54. The van der Waals surface area contributed by atoms with E-state index in [0.717, 1.165) is 18.2 Å². The second-order valence-corrected chi connectivity index (χ2v) is 7.93. The molecule has 1 N–H and O–H groups in total. The third-order valence-electron chi connectivity index (χ3n) is 4.62. The van der Waals surface area contributed by atoms with Crippen LogP contribution in [0.3, 0.4) is 0 Å². The summed E-state index contributed by atoms with van der Waals surface area (Å²) in [4.78, 5) is -0.0630. The standard InChI is InChI=1S/C17H16F3NO2S/c1-11-9-17(11,15-7-4-13(19)8-16(15)20)10-21-24(22,23)14-5-2-12(18)3-6-14/h2-8,11,21H,9-10H2,1H3. The van der Waals surface area contributed by atoms with E-state index in [2.05, 4.69) is 4.72 Å². The van der Waals surface area contributed by atoms with E-state index < -0.39 is 32.9 Å². The number of hydrogen-bond donors (Lipinski definition) is 1. The number of halogens is 3. The molecule has 2 aromatic carbocycles. The summed E-state index contributed by atoms with van der Waals surface area (Å²) < 4.78 is 67.2. The molecule has 2 atom stereocenters. The number of hydrogen-bond acceptors (Lipinski definition) is 2. The molecule has 0 radical (unpaired) electrons. The quantitative estimate of drug-likeness (QED) is 0.894. The average Bonchev–Trinajstić information content (AvgIpc) is 3.17. The summed E-state index contributed by atoms with van der Waals surface area (Å²) in [5, 5.41) is 0. The lowest BCUT2D eigenvalue weighted by Crippen LogP contribution is -2.33. The minimum absolute atomic E-state index is 0.00354. The molecular weight excluding hydrogens is 339 g/mol. The molecule has 128 valence electrons. The van der Waals surface area contributed by atoms with Crippen LogP contribution in [0.1, 0.15) is 18.9 Å². The minimum Gasteiger partial charge on any atom is -0.210 e.